The number of nitrogens with zero attached hydrogens (tertiary/aromatic N) is 3. The molecule has 0 fully saturated rings. The van der Waals surface area contributed by atoms with Crippen LogP contribution in [0.3, 0.4) is 0 Å². The summed E-state index contributed by atoms with van der Waals surface area (Å²) < 4.78 is 4.94. The quantitative estimate of drug-likeness (QED) is 0.602. The molecule has 0 atom stereocenters. The summed E-state index contributed by atoms with van der Waals surface area (Å²) in [5.74, 6) is 5.67. The average molecular weight is 180 g/mol. The van der Waals surface area contributed by atoms with Crippen molar-refractivity contribution in [3.63, 3.8) is 0 Å². The van der Waals surface area contributed by atoms with Gasteiger partial charge in [0.05, 0.1) is 12.8 Å². The average Bonchev–Trinajstić information content (AvgIpc) is 2.17. The van der Waals surface area contributed by atoms with Gasteiger partial charge in [-0.1, -0.05) is 0 Å². The van der Waals surface area contributed by atoms with E-state index in [0.29, 0.717) is 6.01 Å². The summed E-state index contributed by atoms with van der Waals surface area (Å²) in [6, 6.07) is 0.434. The summed E-state index contributed by atoms with van der Waals surface area (Å²) in [6.07, 6.45) is 2.64. The van der Waals surface area contributed by atoms with E-state index >= 15 is 0 Å². The van der Waals surface area contributed by atoms with Crippen LogP contribution in [0.25, 0.3) is 0 Å². The van der Waals surface area contributed by atoms with E-state index in [-0.39, 0.29) is 0 Å². The van der Waals surface area contributed by atoms with E-state index in [9.17, 15) is 0 Å². The monoisotopic (exact) mass is 180 g/mol. The smallest absolute Gasteiger partial charge is 0.316 e. The highest BCUT2D eigenvalue weighted by Crippen LogP contribution is 2.15. The number of rotatable bonds is 1. The van der Waals surface area contributed by atoms with E-state index in [2.05, 4.69) is 9.97 Å². The number of methoxy groups -OCH3 is 1. The molecule has 5 heteroatoms. The standard InChI is InChI=1S/C8H12N4O/c1-13-8-10-4-6-5-12(9)3-2-7(6)11-8/h4H,2-3,5,9H2,1H3. The minimum absolute atomic E-state index is 0.434. The summed E-state index contributed by atoms with van der Waals surface area (Å²) in [7, 11) is 1.57. The zero-order chi connectivity index (χ0) is 9.26. The molecule has 0 spiro atoms. The zero-order valence-corrected chi connectivity index (χ0v) is 7.53. The van der Waals surface area contributed by atoms with Gasteiger partial charge < -0.3 is 4.74 Å². The highest BCUT2D eigenvalue weighted by molar-refractivity contribution is 5.21. The first-order chi connectivity index (χ1) is 6.29. The lowest BCUT2D eigenvalue weighted by atomic mass is 10.1. The molecule has 0 saturated heterocycles. The van der Waals surface area contributed by atoms with Crippen molar-refractivity contribution in [3.8, 4) is 6.01 Å². The molecule has 0 saturated carbocycles. The molecule has 1 aromatic rings. The highest BCUT2D eigenvalue weighted by Gasteiger charge is 2.15. The molecule has 5 nitrogen and oxygen atoms in total. The van der Waals surface area contributed by atoms with Gasteiger partial charge in [-0.15, -0.1) is 0 Å². The minimum Gasteiger partial charge on any atom is -0.467 e. The minimum atomic E-state index is 0.434. The Morgan fingerprint density at radius 3 is 3.23 bits per heavy atom. The first-order valence-corrected chi connectivity index (χ1v) is 4.18. The normalized spacial score (nSPS) is 16.8. The second kappa shape index (κ2) is 3.27. The third-order valence-electron chi connectivity index (χ3n) is 2.12. The van der Waals surface area contributed by atoms with Gasteiger partial charge in [0.15, 0.2) is 0 Å². The van der Waals surface area contributed by atoms with E-state index in [1.807, 2.05) is 0 Å². The van der Waals surface area contributed by atoms with Gasteiger partial charge in [0.2, 0.25) is 0 Å². The predicted octanol–water partition coefficient (Wildman–Crippen LogP) is -0.283. The maximum atomic E-state index is 5.67. The fourth-order valence-corrected chi connectivity index (χ4v) is 1.42. The van der Waals surface area contributed by atoms with Gasteiger partial charge in [-0.25, -0.2) is 9.99 Å². The topological polar surface area (TPSA) is 64.3 Å². The van der Waals surface area contributed by atoms with Crippen molar-refractivity contribution in [2.75, 3.05) is 13.7 Å². The number of nitrogens with two attached hydrogens (primary N) is 1. The van der Waals surface area contributed by atoms with Gasteiger partial charge in [0.1, 0.15) is 0 Å². The molecule has 0 amide bonds. The van der Waals surface area contributed by atoms with Gasteiger partial charge in [0, 0.05) is 31.3 Å². The molecule has 13 heavy (non-hydrogen) atoms. The lowest BCUT2D eigenvalue weighted by molar-refractivity contribution is 0.257. The summed E-state index contributed by atoms with van der Waals surface area (Å²) in [6.45, 7) is 1.56. The van der Waals surface area contributed by atoms with Crippen LogP contribution in [0, 0.1) is 0 Å². The molecule has 1 aliphatic heterocycles. The molecule has 70 valence electrons. The van der Waals surface area contributed by atoms with Crippen LogP contribution in [0.15, 0.2) is 6.20 Å². The van der Waals surface area contributed by atoms with Crippen LogP contribution < -0.4 is 10.6 Å². The number of hydrogen-bond donors (Lipinski definition) is 1. The van der Waals surface area contributed by atoms with Crippen LogP contribution in [0.4, 0.5) is 0 Å². The number of ether oxygens (including phenoxy) is 1. The Kier molecular flexibility index (Phi) is 2.12. The Labute approximate surface area is 76.5 Å². The van der Waals surface area contributed by atoms with Gasteiger partial charge in [0.25, 0.3) is 0 Å². The van der Waals surface area contributed by atoms with E-state index < -0.39 is 0 Å². The van der Waals surface area contributed by atoms with Crippen molar-refractivity contribution < 1.29 is 4.74 Å². The van der Waals surface area contributed by atoms with Crippen molar-refractivity contribution in [1.29, 1.82) is 0 Å². The van der Waals surface area contributed by atoms with Crippen molar-refractivity contribution in [3.05, 3.63) is 17.5 Å². The fraction of sp³-hybridized carbons (Fsp3) is 0.500. The third kappa shape index (κ3) is 1.61. The highest BCUT2D eigenvalue weighted by atomic mass is 16.5. The second-order valence-corrected chi connectivity index (χ2v) is 3.05. The van der Waals surface area contributed by atoms with Crippen molar-refractivity contribution in [2.24, 2.45) is 5.84 Å². The maximum Gasteiger partial charge on any atom is 0.316 e. The van der Waals surface area contributed by atoms with E-state index in [4.69, 9.17) is 10.6 Å². The molecule has 1 aromatic heterocycles. The summed E-state index contributed by atoms with van der Waals surface area (Å²) >= 11 is 0. The molecule has 2 rings (SSSR count). The first-order valence-electron chi connectivity index (χ1n) is 4.18. The fourth-order valence-electron chi connectivity index (χ4n) is 1.42. The number of hydrogen-bond acceptors (Lipinski definition) is 5. The van der Waals surface area contributed by atoms with E-state index in [1.165, 1.54) is 0 Å². The number of fused-ring (bicyclic) bond motifs is 1. The van der Waals surface area contributed by atoms with Crippen LogP contribution >= 0.6 is 0 Å². The first kappa shape index (κ1) is 8.40. The third-order valence-corrected chi connectivity index (χ3v) is 2.12. The lowest BCUT2D eigenvalue weighted by Gasteiger charge is -2.23. The molecular formula is C8H12N4O. The number of aromatic nitrogens is 2. The Morgan fingerprint density at radius 1 is 1.62 bits per heavy atom. The van der Waals surface area contributed by atoms with E-state index in [1.54, 1.807) is 18.3 Å². The van der Waals surface area contributed by atoms with Crippen LogP contribution in [-0.2, 0) is 13.0 Å². The van der Waals surface area contributed by atoms with Crippen LogP contribution in [0.5, 0.6) is 6.01 Å². The molecule has 0 aromatic carbocycles. The second-order valence-electron chi connectivity index (χ2n) is 3.05. The van der Waals surface area contributed by atoms with Gasteiger partial charge in [-0.05, 0) is 0 Å². The van der Waals surface area contributed by atoms with Crippen molar-refractivity contribution >= 4 is 0 Å². The molecule has 2 N–H and O–H groups in total. The Balaban J connectivity index is 2.31. The van der Waals surface area contributed by atoms with Gasteiger partial charge in [-0.3, -0.25) is 5.84 Å². The van der Waals surface area contributed by atoms with Crippen molar-refractivity contribution in [1.82, 2.24) is 15.0 Å². The van der Waals surface area contributed by atoms with Gasteiger partial charge in [-0.2, -0.15) is 4.98 Å². The molecular weight excluding hydrogens is 168 g/mol. The lowest BCUT2D eigenvalue weighted by Crippen LogP contribution is -2.36. The number of hydrazine groups is 1. The Hall–Kier alpha value is -1.20. The zero-order valence-electron chi connectivity index (χ0n) is 7.53. The SMILES string of the molecule is COc1ncc2c(n1)CCN(N)C2. The van der Waals surface area contributed by atoms with Crippen LogP contribution in [-0.4, -0.2) is 28.6 Å². The van der Waals surface area contributed by atoms with Crippen LogP contribution in [0.2, 0.25) is 0 Å². The molecule has 0 radical (unpaired) electrons. The molecule has 1 aliphatic rings. The molecule has 0 unspecified atom stereocenters. The molecule has 0 bridgehead atoms. The van der Waals surface area contributed by atoms with E-state index in [0.717, 1.165) is 30.8 Å². The summed E-state index contributed by atoms with van der Waals surface area (Å²) in [5, 5.41) is 1.76. The molecule has 0 aliphatic carbocycles. The van der Waals surface area contributed by atoms with Crippen LogP contribution in [0.1, 0.15) is 11.3 Å². The molecule has 2 heterocycles. The predicted molar refractivity (Wildman–Crippen MR) is 46.9 cm³/mol. The van der Waals surface area contributed by atoms with Crippen molar-refractivity contribution in [2.45, 2.75) is 13.0 Å². The summed E-state index contributed by atoms with van der Waals surface area (Å²) in [5.41, 5.74) is 2.14. The maximum absolute atomic E-state index is 5.67. The Morgan fingerprint density at radius 2 is 2.46 bits per heavy atom. The van der Waals surface area contributed by atoms with Gasteiger partial charge >= 0.3 is 6.01 Å². The largest absolute Gasteiger partial charge is 0.467 e. The summed E-state index contributed by atoms with van der Waals surface area (Å²) in [4.78, 5) is 8.28. The Bertz CT molecular complexity index is 315.